The first-order valence-corrected chi connectivity index (χ1v) is 10.8. The molecule has 4 aromatic rings. The van der Waals surface area contributed by atoms with E-state index in [0.717, 1.165) is 49.7 Å². The summed E-state index contributed by atoms with van der Waals surface area (Å²) >= 11 is 6.77. The number of carbonyl (C=O) groups is 1. The molecule has 1 amide bonds. The fourth-order valence-electron chi connectivity index (χ4n) is 4.12. The molecular weight excluding hydrogens is 390 g/mol. The lowest BCUT2D eigenvalue weighted by atomic mass is 9.95. The van der Waals surface area contributed by atoms with E-state index in [1.54, 1.807) is 0 Å². The van der Waals surface area contributed by atoms with Gasteiger partial charge in [0.15, 0.2) is 0 Å². The summed E-state index contributed by atoms with van der Waals surface area (Å²) in [5.41, 5.74) is 2.91. The largest absolute Gasteiger partial charge is 0.332 e. The van der Waals surface area contributed by atoms with Crippen molar-refractivity contribution in [1.29, 1.82) is 0 Å². The summed E-state index contributed by atoms with van der Waals surface area (Å²) in [6.07, 6.45) is 0.890. The molecule has 4 rings (SSSR count). The molecule has 0 aromatic heterocycles. The molecule has 30 heavy (non-hydrogen) atoms. The third-order valence-electron chi connectivity index (χ3n) is 6.06. The number of nitrogens with zero attached hydrogens (tertiary/aromatic N) is 1. The molecule has 0 aliphatic rings. The molecule has 4 aromatic carbocycles. The van der Waals surface area contributed by atoms with Crippen molar-refractivity contribution < 1.29 is 4.79 Å². The summed E-state index contributed by atoms with van der Waals surface area (Å²) < 4.78 is 0. The van der Waals surface area contributed by atoms with Crippen LogP contribution in [0, 0.1) is 6.92 Å². The number of carbonyl (C=O) groups excluding carboxylic acids is 1. The summed E-state index contributed by atoms with van der Waals surface area (Å²) in [6, 6.07) is 24.4. The van der Waals surface area contributed by atoms with Crippen molar-refractivity contribution in [2.45, 2.75) is 39.8 Å². The summed E-state index contributed by atoms with van der Waals surface area (Å²) in [6.45, 7) is 6.78. The number of halogens is 1. The molecule has 0 bridgehead atoms. The molecule has 0 aliphatic heterocycles. The van der Waals surface area contributed by atoms with Crippen LogP contribution in [0.15, 0.2) is 72.8 Å². The van der Waals surface area contributed by atoms with Gasteiger partial charge in [-0.25, -0.2) is 0 Å². The predicted molar refractivity (Wildman–Crippen MR) is 127 cm³/mol. The minimum atomic E-state index is 0.0746. The van der Waals surface area contributed by atoms with Gasteiger partial charge in [0.2, 0.25) is 0 Å². The van der Waals surface area contributed by atoms with E-state index in [9.17, 15) is 4.79 Å². The standard InChI is InChI=1S/C27H26ClNO/c1-4-19(3)29(27(30)20-12-6-5-11-18(20)2)17-25-21-13-7-9-15-23(21)26(28)24-16-10-8-14-22(24)25/h5-16,19H,4,17H2,1-3H3. The van der Waals surface area contributed by atoms with E-state index in [1.165, 1.54) is 0 Å². The lowest BCUT2D eigenvalue weighted by Crippen LogP contribution is -2.38. The fraction of sp³-hybridized carbons (Fsp3) is 0.222. The molecule has 0 spiro atoms. The van der Waals surface area contributed by atoms with Gasteiger partial charge in [0, 0.05) is 28.9 Å². The maximum atomic E-state index is 13.6. The SMILES string of the molecule is CCC(C)N(Cc1c2ccccc2c(Cl)c2ccccc12)C(=O)c1ccccc1C. The number of aryl methyl sites for hydroxylation is 1. The van der Waals surface area contributed by atoms with Gasteiger partial charge in [-0.3, -0.25) is 4.79 Å². The van der Waals surface area contributed by atoms with E-state index in [2.05, 4.69) is 38.1 Å². The lowest BCUT2D eigenvalue weighted by molar-refractivity contribution is 0.0672. The van der Waals surface area contributed by atoms with Crippen LogP contribution < -0.4 is 0 Å². The smallest absolute Gasteiger partial charge is 0.254 e. The topological polar surface area (TPSA) is 20.3 Å². The summed E-state index contributed by atoms with van der Waals surface area (Å²) in [7, 11) is 0. The van der Waals surface area contributed by atoms with E-state index in [1.807, 2.05) is 60.4 Å². The van der Waals surface area contributed by atoms with Crippen LogP contribution in [0.1, 0.15) is 41.8 Å². The molecular formula is C27H26ClNO. The summed E-state index contributed by atoms with van der Waals surface area (Å²) in [4.78, 5) is 15.6. The average Bonchev–Trinajstić information content (AvgIpc) is 2.78. The maximum absolute atomic E-state index is 13.6. The second-order valence-corrected chi connectivity index (χ2v) is 8.27. The Kier molecular flexibility index (Phi) is 5.78. The number of hydrogen-bond acceptors (Lipinski definition) is 1. The van der Waals surface area contributed by atoms with Gasteiger partial charge < -0.3 is 4.90 Å². The minimum absolute atomic E-state index is 0.0746. The highest BCUT2D eigenvalue weighted by Gasteiger charge is 2.24. The zero-order chi connectivity index (χ0) is 21.3. The second-order valence-electron chi connectivity index (χ2n) is 7.89. The molecule has 0 heterocycles. The maximum Gasteiger partial charge on any atom is 0.254 e. The zero-order valence-corrected chi connectivity index (χ0v) is 18.4. The number of fused-ring (bicyclic) bond motifs is 2. The Hall–Kier alpha value is -2.84. The highest BCUT2D eigenvalue weighted by Crippen LogP contribution is 2.37. The lowest BCUT2D eigenvalue weighted by Gasteiger charge is -2.30. The average molecular weight is 416 g/mol. The third-order valence-corrected chi connectivity index (χ3v) is 6.47. The Bertz CT molecular complexity index is 1170. The zero-order valence-electron chi connectivity index (χ0n) is 17.7. The molecule has 0 saturated carbocycles. The first-order chi connectivity index (χ1) is 14.5. The van der Waals surface area contributed by atoms with Gasteiger partial charge in [0.25, 0.3) is 5.91 Å². The predicted octanol–water partition coefficient (Wildman–Crippen LogP) is 7.40. The number of benzene rings is 4. The summed E-state index contributed by atoms with van der Waals surface area (Å²) in [5.74, 6) is 0.0746. The van der Waals surface area contributed by atoms with Gasteiger partial charge in [0.05, 0.1) is 5.02 Å². The Morgan fingerprint density at radius 3 is 1.90 bits per heavy atom. The van der Waals surface area contributed by atoms with Gasteiger partial charge in [-0.15, -0.1) is 0 Å². The van der Waals surface area contributed by atoms with Crippen LogP contribution in [-0.4, -0.2) is 16.8 Å². The van der Waals surface area contributed by atoms with Gasteiger partial charge in [-0.2, -0.15) is 0 Å². The van der Waals surface area contributed by atoms with Gasteiger partial charge in [-0.05, 0) is 48.2 Å². The highest BCUT2D eigenvalue weighted by atomic mass is 35.5. The first kappa shape index (κ1) is 20.4. The van der Waals surface area contributed by atoms with Gasteiger partial charge in [-0.1, -0.05) is 85.3 Å². The molecule has 0 fully saturated rings. The molecule has 1 atom stereocenters. The molecule has 2 nitrogen and oxygen atoms in total. The molecule has 152 valence electrons. The van der Waals surface area contributed by atoms with E-state index in [4.69, 9.17) is 11.6 Å². The van der Waals surface area contributed by atoms with Crippen LogP contribution in [-0.2, 0) is 6.54 Å². The van der Waals surface area contributed by atoms with Crippen LogP contribution in [0.4, 0.5) is 0 Å². The van der Waals surface area contributed by atoms with E-state index < -0.39 is 0 Å². The van der Waals surface area contributed by atoms with Crippen molar-refractivity contribution in [2.24, 2.45) is 0 Å². The van der Waals surface area contributed by atoms with Gasteiger partial charge in [0.1, 0.15) is 0 Å². The number of rotatable bonds is 5. The van der Waals surface area contributed by atoms with Crippen molar-refractivity contribution >= 4 is 39.1 Å². The number of hydrogen-bond donors (Lipinski definition) is 0. The Labute approximate surface area is 183 Å². The van der Waals surface area contributed by atoms with Crippen LogP contribution in [0.5, 0.6) is 0 Å². The van der Waals surface area contributed by atoms with Crippen molar-refractivity contribution in [3.8, 4) is 0 Å². The van der Waals surface area contributed by atoms with Crippen LogP contribution in [0.2, 0.25) is 5.02 Å². The Morgan fingerprint density at radius 1 is 0.867 bits per heavy atom. The molecule has 1 unspecified atom stereocenters. The fourth-order valence-corrected chi connectivity index (χ4v) is 4.45. The van der Waals surface area contributed by atoms with E-state index in [0.29, 0.717) is 6.54 Å². The monoisotopic (exact) mass is 415 g/mol. The van der Waals surface area contributed by atoms with Crippen LogP contribution in [0.25, 0.3) is 21.5 Å². The first-order valence-electron chi connectivity index (χ1n) is 10.5. The van der Waals surface area contributed by atoms with Crippen molar-refractivity contribution in [3.05, 3.63) is 94.5 Å². The van der Waals surface area contributed by atoms with Crippen LogP contribution in [0.3, 0.4) is 0 Å². The van der Waals surface area contributed by atoms with Gasteiger partial charge >= 0.3 is 0 Å². The number of amides is 1. The van der Waals surface area contributed by atoms with Crippen molar-refractivity contribution in [2.75, 3.05) is 0 Å². The van der Waals surface area contributed by atoms with Crippen molar-refractivity contribution in [3.63, 3.8) is 0 Å². The third kappa shape index (κ3) is 3.57. The minimum Gasteiger partial charge on any atom is -0.332 e. The van der Waals surface area contributed by atoms with E-state index >= 15 is 0 Å². The molecule has 0 N–H and O–H groups in total. The molecule has 0 aliphatic carbocycles. The van der Waals surface area contributed by atoms with Crippen molar-refractivity contribution in [1.82, 2.24) is 4.90 Å². The quantitative estimate of drug-likeness (QED) is 0.311. The molecule has 0 saturated heterocycles. The Balaban J connectivity index is 1.90. The highest BCUT2D eigenvalue weighted by molar-refractivity contribution is 6.41. The molecule has 0 radical (unpaired) electrons. The Morgan fingerprint density at radius 2 is 1.37 bits per heavy atom. The van der Waals surface area contributed by atoms with Crippen LogP contribution >= 0.6 is 11.6 Å². The summed E-state index contributed by atoms with van der Waals surface area (Å²) in [5, 5.41) is 5.03. The van der Waals surface area contributed by atoms with E-state index in [-0.39, 0.29) is 11.9 Å². The second kappa shape index (κ2) is 8.49. The molecule has 3 heteroatoms. The normalized spacial score (nSPS) is 12.3.